The molecular weight excluding hydrogens is 226 g/mol. The van der Waals surface area contributed by atoms with Gasteiger partial charge in [-0.3, -0.25) is 4.79 Å². The fourth-order valence-corrected chi connectivity index (χ4v) is 3.24. The van der Waals surface area contributed by atoms with Gasteiger partial charge in [0.25, 0.3) is 0 Å². The Kier molecular flexibility index (Phi) is 4.28. The Morgan fingerprint density at radius 2 is 2.00 bits per heavy atom. The number of nitrogens with zero attached hydrogens (tertiary/aromatic N) is 2. The summed E-state index contributed by atoms with van der Waals surface area (Å²) in [5.74, 6) is 0.267. The van der Waals surface area contributed by atoms with Crippen LogP contribution in [0.15, 0.2) is 0 Å². The summed E-state index contributed by atoms with van der Waals surface area (Å²) in [6.45, 7) is 1.78. The first-order chi connectivity index (χ1) is 8.50. The van der Waals surface area contributed by atoms with Gasteiger partial charge < -0.3 is 15.5 Å². The topological polar surface area (TPSA) is 49.6 Å². The highest BCUT2D eigenvalue weighted by Gasteiger charge is 2.34. The van der Waals surface area contributed by atoms with Crippen molar-refractivity contribution >= 4 is 5.91 Å². The molecule has 4 heteroatoms. The first kappa shape index (κ1) is 13.8. The maximum Gasteiger partial charge on any atom is 0.224 e. The van der Waals surface area contributed by atoms with Gasteiger partial charge in [-0.15, -0.1) is 0 Å². The summed E-state index contributed by atoms with van der Waals surface area (Å²) in [5, 5.41) is 0. The predicted octanol–water partition coefficient (Wildman–Crippen LogP) is 1.20. The lowest BCUT2D eigenvalue weighted by molar-refractivity contribution is -0.131. The molecule has 1 atom stereocenters. The zero-order valence-corrected chi connectivity index (χ0v) is 11.8. The Morgan fingerprint density at radius 3 is 2.56 bits per heavy atom. The van der Waals surface area contributed by atoms with Crippen molar-refractivity contribution in [1.82, 2.24) is 9.80 Å². The third kappa shape index (κ3) is 3.23. The van der Waals surface area contributed by atoms with Crippen LogP contribution in [0.1, 0.15) is 44.9 Å². The fraction of sp³-hybridized carbons (Fsp3) is 0.929. The maximum absolute atomic E-state index is 12.3. The zero-order chi connectivity index (χ0) is 13.2. The standard InChI is InChI=1S/C14H27N3O/c1-16(2)12-6-9-17(11-12)13(18)10-14(15)7-4-3-5-8-14/h12H,3-11,15H2,1-2H3. The Balaban J connectivity index is 1.85. The van der Waals surface area contributed by atoms with Crippen molar-refractivity contribution in [3.63, 3.8) is 0 Å². The summed E-state index contributed by atoms with van der Waals surface area (Å²) in [7, 11) is 4.18. The van der Waals surface area contributed by atoms with E-state index < -0.39 is 0 Å². The van der Waals surface area contributed by atoms with Gasteiger partial charge in [0.1, 0.15) is 0 Å². The van der Waals surface area contributed by atoms with Gasteiger partial charge in [0.2, 0.25) is 5.91 Å². The predicted molar refractivity (Wildman–Crippen MR) is 73.3 cm³/mol. The van der Waals surface area contributed by atoms with Gasteiger partial charge in [0.05, 0.1) is 0 Å². The van der Waals surface area contributed by atoms with Crippen molar-refractivity contribution in [1.29, 1.82) is 0 Å². The number of amides is 1. The van der Waals surface area contributed by atoms with Crippen molar-refractivity contribution in [3.05, 3.63) is 0 Å². The molecule has 2 aliphatic rings. The number of hydrogen-bond donors (Lipinski definition) is 1. The monoisotopic (exact) mass is 253 g/mol. The van der Waals surface area contributed by atoms with Crippen molar-refractivity contribution in [2.45, 2.75) is 56.5 Å². The third-order valence-electron chi connectivity index (χ3n) is 4.60. The van der Waals surface area contributed by atoms with Crippen LogP contribution in [-0.4, -0.2) is 54.5 Å². The van der Waals surface area contributed by atoms with E-state index in [0.29, 0.717) is 12.5 Å². The number of carbonyl (C=O) groups is 1. The van der Waals surface area contributed by atoms with Crippen LogP contribution in [0.4, 0.5) is 0 Å². The molecule has 0 spiro atoms. The van der Waals surface area contributed by atoms with Gasteiger partial charge in [-0.2, -0.15) is 0 Å². The van der Waals surface area contributed by atoms with Crippen LogP contribution < -0.4 is 5.73 Å². The minimum absolute atomic E-state index is 0.217. The summed E-state index contributed by atoms with van der Waals surface area (Å²) < 4.78 is 0. The number of hydrogen-bond acceptors (Lipinski definition) is 3. The smallest absolute Gasteiger partial charge is 0.224 e. The molecule has 104 valence electrons. The molecule has 2 rings (SSSR count). The first-order valence-electron chi connectivity index (χ1n) is 7.23. The molecule has 2 fully saturated rings. The van der Waals surface area contributed by atoms with Gasteiger partial charge in [-0.05, 0) is 33.4 Å². The average molecular weight is 253 g/mol. The summed E-state index contributed by atoms with van der Waals surface area (Å²) in [6.07, 6.45) is 7.32. The Hall–Kier alpha value is -0.610. The largest absolute Gasteiger partial charge is 0.341 e. The summed E-state index contributed by atoms with van der Waals surface area (Å²) in [5.41, 5.74) is 6.15. The molecule has 1 amide bonds. The highest BCUT2D eigenvalue weighted by atomic mass is 16.2. The van der Waals surface area contributed by atoms with E-state index in [1.54, 1.807) is 0 Å². The van der Waals surface area contributed by atoms with E-state index in [4.69, 9.17) is 5.73 Å². The third-order valence-corrected chi connectivity index (χ3v) is 4.60. The van der Waals surface area contributed by atoms with Crippen molar-refractivity contribution in [2.24, 2.45) is 5.73 Å². The van der Waals surface area contributed by atoms with Gasteiger partial charge in [0, 0.05) is 31.1 Å². The Bertz CT molecular complexity index is 297. The molecule has 1 saturated carbocycles. The summed E-state index contributed by atoms with van der Waals surface area (Å²) in [6, 6.07) is 0.522. The number of nitrogens with two attached hydrogens (primary N) is 1. The van der Waals surface area contributed by atoms with Crippen LogP contribution in [0.5, 0.6) is 0 Å². The first-order valence-corrected chi connectivity index (χ1v) is 7.23. The van der Waals surface area contributed by atoms with E-state index in [1.165, 1.54) is 19.3 Å². The molecule has 0 aromatic rings. The van der Waals surface area contributed by atoms with Crippen LogP contribution in [0.25, 0.3) is 0 Å². The molecule has 0 radical (unpaired) electrons. The van der Waals surface area contributed by atoms with E-state index in [2.05, 4.69) is 19.0 Å². The molecule has 1 saturated heterocycles. The lowest BCUT2D eigenvalue weighted by Crippen LogP contribution is -2.47. The van der Waals surface area contributed by atoms with Gasteiger partial charge in [0.15, 0.2) is 0 Å². The lowest BCUT2D eigenvalue weighted by Gasteiger charge is -2.34. The average Bonchev–Trinajstić information content (AvgIpc) is 2.78. The molecule has 0 bridgehead atoms. The number of carbonyl (C=O) groups excluding carboxylic acids is 1. The maximum atomic E-state index is 12.3. The Morgan fingerprint density at radius 1 is 1.33 bits per heavy atom. The SMILES string of the molecule is CN(C)C1CCN(C(=O)CC2(N)CCCCC2)C1. The van der Waals surface area contributed by atoms with Gasteiger partial charge >= 0.3 is 0 Å². The molecule has 18 heavy (non-hydrogen) atoms. The van der Waals surface area contributed by atoms with E-state index >= 15 is 0 Å². The van der Waals surface area contributed by atoms with Gasteiger partial charge in [-0.25, -0.2) is 0 Å². The van der Waals surface area contributed by atoms with Crippen LogP contribution in [0, 0.1) is 0 Å². The zero-order valence-electron chi connectivity index (χ0n) is 11.8. The van der Waals surface area contributed by atoms with E-state index in [9.17, 15) is 4.79 Å². The minimum atomic E-state index is -0.217. The molecule has 1 aliphatic carbocycles. The summed E-state index contributed by atoms with van der Waals surface area (Å²) >= 11 is 0. The van der Waals surface area contributed by atoms with Crippen molar-refractivity contribution in [3.8, 4) is 0 Å². The molecule has 1 unspecified atom stereocenters. The molecular formula is C14H27N3O. The molecule has 1 aliphatic heterocycles. The van der Waals surface area contributed by atoms with E-state index in [1.807, 2.05) is 4.90 Å². The second-order valence-electron chi connectivity index (χ2n) is 6.35. The normalized spacial score (nSPS) is 27.8. The second-order valence-corrected chi connectivity index (χ2v) is 6.35. The number of likely N-dealkylation sites (tertiary alicyclic amines) is 1. The lowest BCUT2D eigenvalue weighted by atomic mass is 9.80. The van der Waals surface area contributed by atoms with Crippen LogP contribution in [0.2, 0.25) is 0 Å². The van der Waals surface area contributed by atoms with Crippen molar-refractivity contribution < 1.29 is 4.79 Å². The molecule has 2 N–H and O–H groups in total. The number of rotatable bonds is 3. The molecule has 0 aromatic heterocycles. The molecule has 0 aromatic carbocycles. The highest BCUT2D eigenvalue weighted by molar-refractivity contribution is 5.77. The van der Waals surface area contributed by atoms with E-state index in [0.717, 1.165) is 32.4 Å². The Labute approximate surface area is 110 Å². The molecule has 1 heterocycles. The van der Waals surface area contributed by atoms with Crippen LogP contribution >= 0.6 is 0 Å². The van der Waals surface area contributed by atoms with Gasteiger partial charge in [-0.1, -0.05) is 19.3 Å². The van der Waals surface area contributed by atoms with E-state index in [-0.39, 0.29) is 11.4 Å². The quantitative estimate of drug-likeness (QED) is 0.822. The molecule has 4 nitrogen and oxygen atoms in total. The highest BCUT2D eigenvalue weighted by Crippen LogP contribution is 2.29. The minimum Gasteiger partial charge on any atom is -0.341 e. The number of likely N-dealkylation sites (N-methyl/N-ethyl adjacent to an activating group) is 1. The van der Waals surface area contributed by atoms with Crippen molar-refractivity contribution in [2.75, 3.05) is 27.2 Å². The second kappa shape index (κ2) is 5.57. The van der Waals surface area contributed by atoms with Crippen LogP contribution in [-0.2, 0) is 4.79 Å². The fourth-order valence-electron chi connectivity index (χ4n) is 3.24. The summed E-state index contributed by atoms with van der Waals surface area (Å²) in [4.78, 5) is 16.5. The van der Waals surface area contributed by atoms with Crippen LogP contribution in [0.3, 0.4) is 0 Å².